The fraction of sp³-hybridized carbons (Fsp3) is 0.938. The molecule has 0 aromatic carbocycles. The maximum absolute atomic E-state index is 8.27. The molecule has 17 heavy (non-hydrogen) atoms. The van der Waals surface area contributed by atoms with E-state index in [1.165, 1.54) is 32.1 Å². The van der Waals surface area contributed by atoms with Crippen molar-refractivity contribution < 1.29 is 0 Å². The molecule has 0 aromatic heterocycles. The van der Waals surface area contributed by atoms with E-state index >= 15 is 0 Å². The molecule has 1 fully saturated rings. The Kier molecular flexibility index (Phi) is 5.69. The molecule has 0 saturated heterocycles. The van der Waals surface area contributed by atoms with Crippen molar-refractivity contribution in [3.8, 4) is 0 Å². The smallest absolute Gasteiger partial charge is 0.0148 e. The molecule has 3 atom stereocenters. The second-order valence-corrected chi connectivity index (χ2v) is 6.71. The highest BCUT2D eigenvalue weighted by Gasteiger charge is 2.27. The van der Waals surface area contributed by atoms with Crippen molar-refractivity contribution in [3.05, 3.63) is 0 Å². The molecule has 1 N–H and O–H groups in total. The Hall–Kier alpha value is -0.330. The van der Waals surface area contributed by atoms with Crippen molar-refractivity contribution in [3.63, 3.8) is 0 Å². The van der Waals surface area contributed by atoms with E-state index in [1.54, 1.807) is 0 Å². The summed E-state index contributed by atoms with van der Waals surface area (Å²) in [5, 5.41) is 8.27. The van der Waals surface area contributed by atoms with Gasteiger partial charge in [0.15, 0.2) is 0 Å². The first kappa shape index (κ1) is 14.7. The summed E-state index contributed by atoms with van der Waals surface area (Å²) in [5.41, 5.74) is 1.00. The van der Waals surface area contributed by atoms with Crippen LogP contribution in [-0.2, 0) is 0 Å². The zero-order valence-corrected chi connectivity index (χ0v) is 12.4. The molecule has 0 radical (unpaired) electrons. The molecule has 1 rings (SSSR count). The molecule has 0 aliphatic heterocycles. The third-order valence-corrected chi connectivity index (χ3v) is 4.73. The minimum absolute atomic E-state index is 0.433. The second kappa shape index (κ2) is 6.56. The molecule has 1 nitrogen and oxygen atoms in total. The van der Waals surface area contributed by atoms with E-state index < -0.39 is 0 Å². The average molecular weight is 237 g/mol. The Bertz CT molecular complexity index is 242. The van der Waals surface area contributed by atoms with Crippen LogP contribution in [0.15, 0.2) is 0 Å². The maximum atomic E-state index is 8.27. The first-order chi connectivity index (χ1) is 7.93. The Labute approximate surface area is 108 Å². The zero-order valence-electron chi connectivity index (χ0n) is 12.4. The fourth-order valence-electron chi connectivity index (χ4n) is 3.26. The molecule has 0 bridgehead atoms. The van der Waals surface area contributed by atoms with E-state index in [9.17, 15) is 0 Å². The summed E-state index contributed by atoms with van der Waals surface area (Å²) in [6.07, 6.45) is 6.66. The minimum atomic E-state index is 0.433. The molecule has 0 amide bonds. The number of hydrogen-bond donors (Lipinski definition) is 1. The van der Waals surface area contributed by atoms with E-state index in [1.807, 2.05) is 0 Å². The van der Waals surface area contributed by atoms with Crippen LogP contribution >= 0.6 is 0 Å². The van der Waals surface area contributed by atoms with E-state index in [4.69, 9.17) is 5.41 Å². The summed E-state index contributed by atoms with van der Waals surface area (Å²) in [6, 6.07) is 0. The van der Waals surface area contributed by atoms with Crippen LogP contribution in [0.2, 0.25) is 0 Å². The summed E-state index contributed by atoms with van der Waals surface area (Å²) >= 11 is 0. The molecule has 3 unspecified atom stereocenters. The van der Waals surface area contributed by atoms with Gasteiger partial charge in [-0.05, 0) is 48.9 Å². The fourth-order valence-corrected chi connectivity index (χ4v) is 3.26. The van der Waals surface area contributed by atoms with E-state index in [2.05, 4.69) is 34.6 Å². The molecule has 100 valence electrons. The van der Waals surface area contributed by atoms with Crippen molar-refractivity contribution in [2.75, 3.05) is 0 Å². The normalized spacial score (nSPS) is 31.4. The topological polar surface area (TPSA) is 23.9 Å². The van der Waals surface area contributed by atoms with Gasteiger partial charge in [-0.3, -0.25) is 0 Å². The second-order valence-electron chi connectivity index (χ2n) is 6.71. The van der Waals surface area contributed by atoms with Gasteiger partial charge in [0.05, 0.1) is 0 Å². The summed E-state index contributed by atoms with van der Waals surface area (Å²) in [5.74, 6) is 3.47. The van der Waals surface area contributed by atoms with Crippen LogP contribution < -0.4 is 0 Å². The summed E-state index contributed by atoms with van der Waals surface area (Å²) < 4.78 is 0. The summed E-state index contributed by atoms with van der Waals surface area (Å²) in [4.78, 5) is 0. The van der Waals surface area contributed by atoms with Gasteiger partial charge in [0.2, 0.25) is 0 Å². The van der Waals surface area contributed by atoms with E-state index in [0.29, 0.717) is 17.8 Å². The van der Waals surface area contributed by atoms with Gasteiger partial charge < -0.3 is 5.41 Å². The molecule has 1 saturated carbocycles. The lowest BCUT2D eigenvalue weighted by Crippen LogP contribution is -2.28. The SMILES string of the molecule is CC(C)C(=N)C1CCCC(C(C)C)CCC1C. The Morgan fingerprint density at radius 1 is 1.00 bits per heavy atom. The number of rotatable bonds is 3. The lowest BCUT2D eigenvalue weighted by Gasteiger charge is -2.32. The van der Waals surface area contributed by atoms with Gasteiger partial charge in [0.1, 0.15) is 0 Å². The van der Waals surface area contributed by atoms with E-state index in [0.717, 1.165) is 17.5 Å². The van der Waals surface area contributed by atoms with Crippen LogP contribution in [0.25, 0.3) is 0 Å². The van der Waals surface area contributed by atoms with Crippen LogP contribution in [0, 0.1) is 35.0 Å². The molecule has 1 aliphatic carbocycles. The van der Waals surface area contributed by atoms with E-state index in [-0.39, 0.29) is 0 Å². The van der Waals surface area contributed by atoms with Crippen molar-refractivity contribution in [1.82, 2.24) is 0 Å². The van der Waals surface area contributed by atoms with Crippen LogP contribution in [0.3, 0.4) is 0 Å². The van der Waals surface area contributed by atoms with Gasteiger partial charge in [-0.25, -0.2) is 0 Å². The van der Waals surface area contributed by atoms with Crippen molar-refractivity contribution in [2.45, 2.75) is 66.7 Å². The Morgan fingerprint density at radius 3 is 2.18 bits per heavy atom. The quantitative estimate of drug-likeness (QED) is 0.656. The van der Waals surface area contributed by atoms with Crippen LogP contribution in [0.1, 0.15) is 66.7 Å². The third-order valence-electron chi connectivity index (χ3n) is 4.73. The van der Waals surface area contributed by atoms with Crippen LogP contribution in [0.4, 0.5) is 0 Å². The van der Waals surface area contributed by atoms with Crippen LogP contribution in [-0.4, -0.2) is 5.71 Å². The molecule has 1 heteroatoms. The van der Waals surface area contributed by atoms with Crippen molar-refractivity contribution in [2.24, 2.45) is 29.6 Å². The van der Waals surface area contributed by atoms with Gasteiger partial charge in [-0.2, -0.15) is 0 Å². The maximum Gasteiger partial charge on any atom is 0.0148 e. The van der Waals surface area contributed by atoms with Crippen LogP contribution in [0.5, 0.6) is 0 Å². The summed E-state index contributed by atoms with van der Waals surface area (Å²) in [6.45, 7) is 11.4. The highest BCUT2D eigenvalue weighted by atomic mass is 14.5. The third kappa shape index (κ3) is 4.12. The number of nitrogens with one attached hydrogen (secondary N) is 1. The van der Waals surface area contributed by atoms with Crippen molar-refractivity contribution in [1.29, 1.82) is 5.41 Å². The Morgan fingerprint density at radius 2 is 1.65 bits per heavy atom. The molecular weight excluding hydrogens is 206 g/mol. The van der Waals surface area contributed by atoms with Gasteiger partial charge in [0, 0.05) is 5.71 Å². The summed E-state index contributed by atoms with van der Waals surface area (Å²) in [7, 11) is 0. The number of hydrogen-bond acceptors (Lipinski definition) is 1. The predicted octanol–water partition coefficient (Wildman–Crippen LogP) is 5.15. The van der Waals surface area contributed by atoms with Gasteiger partial charge in [-0.1, -0.05) is 47.5 Å². The highest BCUT2D eigenvalue weighted by Crippen LogP contribution is 2.34. The lowest BCUT2D eigenvalue weighted by molar-refractivity contribution is 0.244. The monoisotopic (exact) mass is 237 g/mol. The molecule has 0 spiro atoms. The first-order valence-corrected chi connectivity index (χ1v) is 7.51. The molecule has 0 aromatic rings. The van der Waals surface area contributed by atoms with Gasteiger partial charge >= 0.3 is 0 Å². The largest absolute Gasteiger partial charge is 0.309 e. The average Bonchev–Trinajstić information content (AvgIpc) is 2.23. The first-order valence-electron chi connectivity index (χ1n) is 7.51. The zero-order chi connectivity index (χ0) is 13.0. The van der Waals surface area contributed by atoms with Gasteiger partial charge in [0.25, 0.3) is 0 Å². The highest BCUT2D eigenvalue weighted by molar-refractivity contribution is 5.85. The van der Waals surface area contributed by atoms with Crippen molar-refractivity contribution >= 4 is 5.71 Å². The minimum Gasteiger partial charge on any atom is -0.309 e. The molecular formula is C16H31N. The molecule has 1 aliphatic rings. The standard InChI is InChI=1S/C16H31N/c1-11(2)14-7-6-8-15(13(5)9-10-14)16(17)12(3)4/h11-15,17H,6-10H2,1-5H3. The lowest BCUT2D eigenvalue weighted by atomic mass is 9.73. The van der Waals surface area contributed by atoms with Gasteiger partial charge in [-0.15, -0.1) is 0 Å². The predicted molar refractivity (Wildman–Crippen MR) is 76.6 cm³/mol. The Balaban J connectivity index is 2.60. The molecule has 0 heterocycles.